The van der Waals surface area contributed by atoms with Crippen LogP contribution in [0.25, 0.3) is 0 Å². The van der Waals surface area contributed by atoms with Crippen LogP contribution >= 0.6 is 11.8 Å². The third-order valence-electron chi connectivity index (χ3n) is 3.57. The van der Waals surface area contributed by atoms with Crippen LogP contribution in [-0.4, -0.2) is 39.9 Å². The van der Waals surface area contributed by atoms with Gasteiger partial charge in [0.25, 0.3) is 0 Å². The molecular weight excluding hydrogens is 296 g/mol. The quantitative estimate of drug-likeness (QED) is 0.779. The van der Waals surface area contributed by atoms with Gasteiger partial charge in [-0.15, -0.1) is 11.8 Å². The van der Waals surface area contributed by atoms with E-state index in [-0.39, 0.29) is 12.1 Å². The number of pyridine rings is 1. The van der Waals surface area contributed by atoms with Crippen molar-refractivity contribution in [3.8, 4) is 0 Å². The number of rotatable bonds is 3. The standard InChI is InChI=1S/C17H26N2O2S/c1-13-8-9-18-15(11-13)22-12-14-7-5-6-10-19(14)16(20)21-17(2,3)4/h8-9,11,14H,5-7,10,12H2,1-4H3/t14-/m1/s1. The molecule has 0 saturated carbocycles. The molecule has 5 heteroatoms. The van der Waals surface area contributed by atoms with Gasteiger partial charge in [-0.1, -0.05) is 0 Å². The van der Waals surface area contributed by atoms with Crippen LogP contribution in [0, 0.1) is 6.92 Å². The summed E-state index contributed by atoms with van der Waals surface area (Å²) in [5.74, 6) is 0.871. The third-order valence-corrected chi connectivity index (χ3v) is 4.64. The molecule has 1 saturated heterocycles. The highest BCUT2D eigenvalue weighted by molar-refractivity contribution is 7.99. The average Bonchev–Trinajstić information content (AvgIpc) is 2.44. The number of ether oxygens (including phenoxy) is 1. The number of hydrogen-bond acceptors (Lipinski definition) is 4. The SMILES string of the molecule is Cc1ccnc(SC[C@H]2CCCCN2C(=O)OC(C)(C)C)c1. The number of likely N-dealkylation sites (tertiary alicyclic amines) is 1. The summed E-state index contributed by atoms with van der Waals surface area (Å²) >= 11 is 1.72. The summed E-state index contributed by atoms with van der Waals surface area (Å²) in [6, 6.07) is 4.32. The van der Waals surface area contributed by atoms with Crippen LogP contribution in [0.15, 0.2) is 23.4 Å². The zero-order chi connectivity index (χ0) is 16.2. The van der Waals surface area contributed by atoms with E-state index < -0.39 is 5.60 Å². The Morgan fingerprint density at radius 3 is 2.91 bits per heavy atom. The molecule has 122 valence electrons. The first-order chi connectivity index (χ1) is 10.3. The number of hydrogen-bond donors (Lipinski definition) is 0. The average molecular weight is 322 g/mol. The molecular formula is C17H26N2O2S. The molecule has 4 nitrogen and oxygen atoms in total. The van der Waals surface area contributed by atoms with Crippen LogP contribution in [0.3, 0.4) is 0 Å². The fraction of sp³-hybridized carbons (Fsp3) is 0.647. The van der Waals surface area contributed by atoms with Crippen molar-refractivity contribution in [1.82, 2.24) is 9.88 Å². The van der Waals surface area contributed by atoms with Crippen molar-refractivity contribution in [2.45, 2.75) is 63.6 Å². The van der Waals surface area contributed by atoms with E-state index in [9.17, 15) is 4.79 Å². The summed E-state index contributed by atoms with van der Waals surface area (Å²) < 4.78 is 5.54. The van der Waals surface area contributed by atoms with Crippen LogP contribution < -0.4 is 0 Å². The molecule has 1 amide bonds. The zero-order valence-electron chi connectivity index (χ0n) is 14.0. The topological polar surface area (TPSA) is 42.4 Å². The molecule has 1 fully saturated rings. The number of carbonyl (C=O) groups is 1. The molecule has 1 aliphatic rings. The largest absolute Gasteiger partial charge is 0.444 e. The smallest absolute Gasteiger partial charge is 0.410 e. The van der Waals surface area contributed by atoms with Crippen LogP contribution in [0.2, 0.25) is 0 Å². The van der Waals surface area contributed by atoms with E-state index in [2.05, 4.69) is 18.0 Å². The van der Waals surface area contributed by atoms with Gasteiger partial charge in [-0.25, -0.2) is 9.78 Å². The van der Waals surface area contributed by atoms with Gasteiger partial charge in [0.15, 0.2) is 0 Å². The minimum absolute atomic E-state index is 0.185. The number of aromatic nitrogens is 1. The van der Waals surface area contributed by atoms with Gasteiger partial charge in [0.1, 0.15) is 5.60 Å². The number of thioether (sulfide) groups is 1. The van der Waals surface area contributed by atoms with E-state index in [0.717, 1.165) is 30.2 Å². The van der Waals surface area contributed by atoms with Crippen LogP contribution in [0.1, 0.15) is 45.6 Å². The summed E-state index contributed by atoms with van der Waals surface area (Å²) in [6.45, 7) is 8.60. The molecule has 0 radical (unpaired) electrons. The van der Waals surface area contributed by atoms with Gasteiger partial charge in [-0.3, -0.25) is 0 Å². The van der Waals surface area contributed by atoms with E-state index in [1.807, 2.05) is 37.9 Å². The summed E-state index contributed by atoms with van der Waals surface area (Å²) in [5.41, 5.74) is 0.773. The second-order valence-corrected chi connectivity index (χ2v) is 7.85. The number of piperidine rings is 1. The molecule has 0 N–H and O–H groups in total. The molecule has 1 aliphatic heterocycles. The maximum atomic E-state index is 12.4. The maximum Gasteiger partial charge on any atom is 0.410 e. The molecule has 22 heavy (non-hydrogen) atoms. The van der Waals surface area contributed by atoms with Crippen LogP contribution in [0.4, 0.5) is 4.79 Å². The Morgan fingerprint density at radius 1 is 1.45 bits per heavy atom. The normalized spacial score (nSPS) is 19.1. The van der Waals surface area contributed by atoms with Gasteiger partial charge in [0.05, 0.1) is 5.03 Å². The summed E-state index contributed by atoms with van der Waals surface area (Å²) in [4.78, 5) is 18.7. The van der Waals surface area contributed by atoms with Crippen molar-refractivity contribution in [1.29, 1.82) is 0 Å². The molecule has 1 aromatic heterocycles. The van der Waals surface area contributed by atoms with E-state index in [1.54, 1.807) is 11.8 Å². The maximum absolute atomic E-state index is 12.4. The van der Waals surface area contributed by atoms with Crippen LogP contribution in [-0.2, 0) is 4.74 Å². The summed E-state index contributed by atoms with van der Waals surface area (Å²) in [7, 11) is 0. The predicted octanol–water partition coefficient (Wildman–Crippen LogP) is 4.27. The second-order valence-electron chi connectivity index (χ2n) is 6.81. The van der Waals surface area contributed by atoms with Crippen LogP contribution in [0.5, 0.6) is 0 Å². The van der Waals surface area contributed by atoms with Crippen molar-refractivity contribution in [3.63, 3.8) is 0 Å². The molecule has 1 atom stereocenters. The summed E-state index contributed by atoms with van der Waals surface area (Å²) in [6.07, 6.45) is 4.92. The van der Waals surface area contributed by atoms with Gasteiger partial charge in [0, 0.05) is 24.5 Å². The minimum atomic E-state index is -0.440. The fourth-order valence-electron chi connectivity index (χ4n) is 2.50. The first-order valence-electron chi connectivity index (χ1n) is 7.90. The molecule has 2 rings (SSSR count). The van der Waals surface area contributed by atoms with Crippen molar-refractivity contribution < 1.29 is 9.53 Å². The first kappa shape index (κ1) is 17.1. The van der Waals surface area contributed by atoms with Gasteiger partial charge < -0.3 is 9.64 Å². The molecule has 0 unspecified atom stereocenters. The lowest BCUT2D eigenvalue weighted by molar-refractivity contribution is 0.0126. The van der Waals surface area contributed by atoms with Crippen molar-refractivity contribution in [3.05, 3.63) is 23.9 Å². The zero-order valence-corrected chi connectivity index (χ0v) is 14.8. The number of nitrogens with zero attached hydrogens (tertiary/aromatic N) is 2. The number of amides is 1. The first-order valence-corrected chi connectivity index (χ1v) is 8.89. The lowest BCUT2D eigenvalue weighted by Gasteiger charge is -2.36. The van der Waals surface area contributed by atoms with Crippen molar-refractivity contribution in [2.75, 3.05) is 12.3 Å². The lowest BCUT2D eigenvalue weighted by Crippen LogP contribution is -2.47. The van der Waals surface area contributed by atoms with Gasteiger partial charge in [0.2, 0.25) is 0 Å². The van der Waals surface area contributed by atoms with Gasteiger partial charge >= 0.3 is 6.09 Å². The molecule has 0 bridgehead atoms. The van der Waals surface area contributed by atoms with Crippen molar-refractivity contribution >= 4 is 17.9 Å². The Kier molecular flexibility index (Phi) is 5.73. The van der Waals surface area contributed by atoms with E-state index in [0.29, 0.717) is 0 Å². The van der Waals surface area contributed by atoms with Gasteiger partial charge in [-0.2, -0.15) is 0 Å². The minimum Gasteiger partial charge on any atom is -0.444 e. The lowest BCUT2D eigenvalue weighted by atomic mass is 10.0. The number of aryl methyl sites for hydroxylation is 1. The predicted molar refractivity (Wildman–Crippen MR) is 90.3 cm³/mol. The highest BCUT2D eigenvalue weighted by atomic mass is 32.2. The Balaban J connectivity index is 1.96. The third kappa shape index (κ3) is 5.20. The monoisotopic (exact) mass is 322 g/mol. The highest BCUT2D eigenvalue weighted by Gasteiger charge is 2.30. The Hall–Kier alpha value is -1.23. The molecule has 0 aromatic carbocycles. The molecule has 2 heterocycles. The molecule has 1 aromatic rings. The van der Waals surface area contributed by atoms with E-state index in [1.165, 1.54) is 12.0 Å². The number of carbonyl (C=O) groups excluding carboxylic acids is 1. The Bertz CT molecular complexity index is 514. The van der Waals surface area contributed by atoms with E-state index >= 15 is 0 Å². The fourth-order valence-corrected chi connectivity index (χ4v) is 3.62. The Morgan fingerprint density at radius 2 is 2.23 bits per heavy atom. The van der Waals surface area contributed by atoms with Gasteiger partial charge in [-0.05, 0) is 64.7 Å². The molecule has 0 aliphatic carbocycles. The highest BCUT2D eigenvalue weighted by Crippen LogP contribution is 2.26. The molecule has 0 spiro atoms. The van der Waals surface area contributed by atoms with Crippen molar-refractivity contribution in [2.24, 2.45) is 0 Å². The summed E-state index contributed by atoms with van der Waals surface area (Å²) in [5, 5.41) is 1.02. The Labute approximate surface area is 137 Å². The second kappa shape index (κ2) is 7.36. The van der Waals surface area contributed by atoms with E-state index in [4.69, 9.17) is 4.74 Å².